The first-order chi connectivity index (χ1) is 10.6. The van der Waals surface area contributed by atoms with Crippen molar-refractivity contribution in [2.75, 3.05) is 12.0 Å². The molecule has 1 amide bonds. The van der Waals surface area contributed by atoms with Gasteiger partial charge in [0, 0.05) is 10.6 Å². The van der Waals surface area contributed by atoms with Crippen molar-refractivity contribution in [3.8, 4) is 0 Å². The highest BCUT2D eigenvalue weighted by Gasteiger charge is 2.31. The Morgan fingerprint density at radius 3 is 2.82 bits per heavy atom. The second-order valence-electron chi connectivity index (χ2n) is 4.77. The van der Waals surface area contributed by atoms with E-state index in [1.165, 1.54) is 11.8 Å². The maximum Gasteiger partial charge on any atom is 0.267 e. The van der Waals surface area contributed by atoms with Crippen molar-refractivity contribution < 1.29 is 4.79 Å². The van der Waals surface area contributed by atoms with Crippen LogP contribution in [0.1, 0.15) is 10.4 Å². The van der Waals surface area contributed by atoms with Gasteiger partial charge < -0.3 is 5.32 Å². The second-order valence-corrected chi connectivity index (χ2v) is 7.43. The number of rotatable bonds is 4. The Morgan fingerprint density at radius 2 is 2.09 bits per heavy atom. The van der Waals surface area contributed by atoms with Crippen molar-refractivity contribution in [3.05, 3.63) is 57.1 Å². The van der Waals surface area contributed by atoms with Crippen LogP contribution in [0.3, 0.4) is 0 Å². The number of carbonyl (C=O) groups is 1. The highest BCUT2D eigenvalue weighted by molar-refractivity contribution is 8.26. The fraction of sp³-hybridized carbons (Fsp3) is 0.125. The van der Waals surface area contributed by atoms with E-state index in [2.05, 4.69) is 5.32 Å². The predicted octanol–water partition coefficient (Wildman–Crippen LogP) is 4.33. The number of anilines is 1. The van der Waals surface area contributed by atoms with Crippen LogP contribution in [-0.2, 0) is 4.79 Å². The molecule has 1 aliphatic rings. The van der Waals surface area contributed by atoms with Gasteiger partial charge in [-0.2, -0.15) is 0 Å². The lowest BCUT2D eigenvalue weighted by Gasteiger charge is -2.17. The van der Waals surface area contributed by atoms with Crippen molar-refractivity contribution >= 4 is 57.3 Å². The summed E-state index contributed by atoms with van der Waals surface area (Å²) in [5.41, 5.74) is 2.15. The number of hydrogen-bond acceptors (Lipinski definition) is 5. The third-order valence-corrected chi connectivity index (χ3v) is 5.46. The van der Waals surface area contributed by atoms with E-state index in [0.717, 1.165) is 16.1 Å². The van der Waals surface area contributed by atoms with Crippen LogP contribution in [0.15, 0.2) is 46.7 Å². The van der Waals surface area contributed by atoms with Crippen molar-refractivity contribution in [1.29, 1.82) is 0 Å². The van der Waals surface area contributed by atoms with Crippen molar-refractivity contribution in [3.63, 3.8) is 0 Å². The molecule has 0 aliphatic carbocycles. The van der Waals surface area contributed by atoms with Gasteiger partial charge in [0.05, 0.1) is 11.6 Å². The quantitative estimate of drug-likeness (QED) is 0.660. The molecule has 1 fully saturated rings. The summed E-state index contributed by atoms with van der Waals surface area (Å²) in [6, 6.07) is 11.9. The van der Waals surface area contributed by atoms with Crippen molar-refractivity contribution in [2.24, 2.45) is 0 Å². The zero-order valence-electron chi connectivity index (χ0n) is 11.9. The van der Waals surface area contributed by atoms with E-state index in [1.807, 2.05) is 54.8 Å². The topological polar surface area (TPSA) is 32.3 Å². The van der Waals surface area contributed by atoms with Crippen molar-refractivity contribution in [1.82, 2.24) is 4.90 Å². The molecule has 0 unspecified atom stereocenters. The van der Waals surface area contributed by atoms with Crippen LogP contribution in [0.5, 0.6) is 0 Å². The third-order valence-electron chi connectivity index (χ3n) is 3.26. The lowest BCUT2D eigenvalue weighted by Crippen LogP contribution is -2.33. The highest BCUT2D eigenvalue weighted by Crippen LogP contribution is 2.33. The average Bonchev–Trinajstić information content (AvgIpc) is 3.09. The maximum absolute atomic E-state index is 12.5. The van der Waals surface area contributed by atoms with E-state index in [-0.39, 0.29) is 5.91 Å². The predicted molar refractivity (Wildman–Crippen MR) is 99.0 cm³/mol. The number of carbonyl (C=O) groups excluding carboxylic acids is 1. The minimum atomic E-state index is -0.0375. The van der Waals surface area contributed by atoms with Crippen molar-refractivity contribution in [2.45, 2.75) is 6.92 Å². The molecule has 1 N–H and O–H groups in total. The molecule has 2 heterocycles. The summed E-state index contributed by atoms with van der Waals surface area (Å²) in [7, 11) is 0. The molecule has 112 valence electrons. The van der Waals surface area contributed by atoms with E-state index in [0.29, 0.717) is 15.9 Å². The molecule has 3 nitrogen and oxygen atoms in total. The van der Waals surface area contributed by atoms with E-state index >= 15 is 0 Å². The zero-order valence-corrected chi connectivity index (χ0v) is 14.4. The largest absolute Gasteiger partial charge is 0.367 e. The molecule has 0 saturated carbocycles. The molecule has 1 aliphatic heterocycles. The Kier molecular flexibility index (Phi) is 4.61. The number of thioether (sulfide) groups is 1. The van der Waals surface area contributed by atoms with Gasteiger partial charge in [-0.05, 0) is 36.1 Å². The van der Waals surface area contributed by atoms with Gasteiger partial charge in [0.1, 0.15) is 4.32 Å². The van der Waals surface area contributed by atoms with Gasteiger partial charge in [-0.15, -0.1) is 11.3 Å². The number of amides is 1. The van der Waals surface area contributed by atoms with E-state index in [1.54, 1.807) is 16.2 Å². The van der Waals surface area contributed by atoms with Crippen LogP contribution < -0.4 is 5.32 Å². The molecule has 0 atom stereocenters. The molecule has 22 heavy (non-hydrogen) atoms. The average molecular weight is 347 g/mol. The van der Waals surface area contributed by atoms with Gasteiger partial charge in [-0.25, -0.2) is 0 Å². The van der Waals surface area contributed by atoms with Gasteiger partial charge >= 0.3 is 0 Å². The lowest BCUT2D eigenvalue weighted by molar-refractivity contribution is -0.121. The summed E-state index contributed by atoms with van der Waals surface area (Å²) < 4.78 is 0.592. The summed E-state index contributed by atoms with van der Waals surface area (Å²) in [5, 5.41) is 5.27. The van der Waals surface area contributed by atoms with Gasteiger partial charge in [-0.1, -0.05) is 48.2 Å². The molecule has 1 aromatic carbocycles. The lowest BCUT2D eigenvalue weighted by atomic mass is 10.2. The number of hydrogen-bond donors (Lipinski definition) is 1. The summed E-state index contributed by atoms with van der Waals surface area (Å²) in [6.45, 7) is 2.42. The summed E-state index contributed by atoms with van der Waals surface area (Å²) in [5.74, 6) is -0.0375. The molecular weight excluding hydrogens is 332 g/mol. The Balaban J connectivity index is 1.71. The molecule has 0 radical (unpaired) electrons. The van der Waals surface area contributed by atoms with Gasteiger partial charge in [-0.3, -0.25) is 9.69 Å². The number of para-hydroxylation sites is 1. The first-order valence-electron chi connectivity index (χ1n) is 6.73. The first kappa shape index (κ1) is 15.3. The standard InChI is InChI=1S/C16H14N2OS3/c1-11-5-2-3-7-13(11)17-10-18-15(19)14(22-16(18)20)9-12-6-4-8-21-12/h2-9,17H,10H2,1H3/b14-9+. The Labute approximate surface area is 143 Å². The number of nitrogens with one attached hydrogen (secondary N) is 1. The van der Waals surface area contributed by atoms with Gasteiger partial charge in [0.15, 0.2) is 0 Å². The van der Waals surface area contributed by atoms with Gasteiger partial charge in [0.2, 0.25) is 0 Å². The SMILES string of the molecule is Cc1ccccc1NCN1C(=O)/C(=C\c2cccs2)SC1=S. The summed E-state index contributed by atoms with van der Waals surface area (Å²) in [4.78, 5) is 15.8. The molecule has 1 aromatic heterocycles. The minimum absolute atomic E-state index is 0.0375. The van der Waals surface area contributed by atoms with E-state index in [9.17, 15) is 4.79 Å². The second kappa shape index (κ2) is 6.64. The Hall–Kier alpha value is -1.63. The highest BCUT2D eigenvalue weighted by atomic mass is 32.2. The molecule has 0 spiro atoms. The van der Waals surface area contributed by atoms with E-state index < -0.39 is 0 Å². The number of benzene rings is 1. The number of aryl methyl sites for hydroxylation is 1. The fourth-order valence-corrected chi connectivity index (χ4v) is 4.05. The zero-order chi connectivity index (χ0) is 15.5. The summed E-state index contributed by atoms with van der Waals surface area (Å²) in [6.07, 6.45) is 1.90. The molecule has 0 bridgehead atoms. The van der Waals surface area contributed by atoms with Crippen LogP contribution in [0.25, 0.3) is 6.08 Å². The maximum atomic E-state index is 12.5. The van der Waals surface area contributed by atoms with E-state index in [4.69, 9.17) is 12.2 Å². The minimum Gasteiger partial charge on any atom is -0.367 e. The van der Waals surface area contributed by atoms with Crippen LogP contribution in [0.2, 0.25) is 0 Å². The smallest absolute Gasteiger partial charge is 0.267 e. The molecular formula is C16H14N2OS3. The summed E-state index contributed by atoms with van der Waals surface area (Å²) >= 11 is 8.29. The van der Waals surface area contributed by atoms with Gasteiger partial charge in [0.25, 0.3) is 5.91 Å². The first-order valence-corrected chi connectivity index (χ1v) is 8.84. The Morgan fingerprint density at radius 1 is 1.27 bits per heavy atom. The van der Waals surface area contributed by atoms with Crippen LogP contribution in [0.4, 0.5) is 5.69 Å². The van der Waals surface area contributed by atoms with Crippen LogP contribution in [-0.4, -0.2) is 21.8 Å². The molecule has 2 aromatic rings. The molecule has 3 rings (SSSR count). The Bertz CT molecular complexity index is 738. The number of thiophene rings is 1. The fourth-order valence-electron chi connectivity index (χ4n) is 2.07. The normalized spacial score (nSPS) is 16.6. The van der Waals surface area contributed by atoms with Crippen LogP contribution >= 0.6 is 35.3 Å². The monoisotopic (exact) mass is 346 g/mol. The molecule has 1 saturated heterocycles. The van der Waals surface area contributed by atoms with Crippen LogP contribution in [0, 0.1) is 6.92 Å². The number of nitrogens with zero attached hydrogens (tertiary/aromatic N) is 1. The molecule has 6 heteroatoms. The number of thiocarbonyl (C=S) groups is 1. The third kappa shape index (κ3) is 3.24.